The molecule has 0 amide bonds. The molecular formula is C13H23BO. The summed E-state index contributed by atoms with van der Waals surface area (Å²) in [6.07, 6.45) is 8.48. The minimum absolute atomic E-state index is 0.614. The van der Waals surface area contributed by atoms with Gasteiger partial charge in [-0.05, 0) is 55.1 Å². The van der Waals surface area contributed by atoms with Crippen LogP contribution in [0.15, 0.2) is 0 Å². The molecule has 3 unspecified atom stereocenters. The topological polar surface area (TPSA) is 9.23 Å². The van der Waals surface area contributed by atoms with Crippen molar-refractivity contribution in [2.45, 2.75) is 52.2 Å². The van der Waals surface area contributed by atoms with Gasteiger partial charge in [-0.15, -0.1) is 0 Å². The van der Waals surface area contributed by atoms with Gasteiger partial charge in [0.05, 0.1) is 0 Å². The van der Waals surface area contributed by atoms with E-state index in [4.69, 9.17) is 4.65 Å². The highest BCUT2D eigenvalue weighted by molar-refractivity contribution is 6.52. The maximum atomic E-state index is 5.79. The molecule has 0 aromatic carbocycles. The van der Waals surface area contributed by atoms with Crippen molar-refractivity contribution < 1.29 is 4.65 Å². The minimum atomic E-state index is 0.614. The van der Waals surface area contributed by atoms with Gasteiger partial charge in [0.15, 0.2) is 0 Å². The summed E-state index contributed by atoms with van der Waals surface area (Å²) in [6, 6.07) is 0. The average Bonchev–Trinajstić information content (AvgIpc) is 2.70. The molecule has 1 saturated heterocycles. The number of fused-ring (bicyclic) bond motifs is 2. The normalized spacial score (nSPS) is 42.8. The van der Waals surface area contributed by atoms with Crippen molar-refractivity contribution in [2.24, 2.45) is 23.2 Å². The lowest BCUT2D eigenvalue weighted by Crippen LogP contribution is -2.52. The summed E-state index contributed by atoms with van der Waals surface area (Å²) >= 11 is 0. The molecule has 4 rings (SSSR count). The van der Waals surface area contributed by atoms with E-state index in [-0.39, 0.29) is 0 Å². The Morgan fingerprint density at radius 2 is 2.20 bits per heavy atom. The van der Waals surface area contributed by atoms with E-state index in [9.17, 15) is 0 Å². The van der Waals surface area contributed by atoms with E-state index in [1.807, 2.05) is 0 Å². The molecule has 0 aromatic rings. The Kier molecular flexibility index (Phi) is 2.39. The average molecular weight is 206 g/mol. The molecule has 84 valence electrons. The van der Waals surface area contributed by atoms with E-state index in [0.29, 0.717) is 12.3 Å². The third-order valence-electron chi connectivity index (χ3n) is 5.59. The summed E-state index contributed by atoms with van der Waals surface area (Å²) in [6.45, 7) is 6.62. The zero-order valence-corrected chi connectivity index (χ0v) is 10.2. The molecule has 15 heavy (non-hydrogen) atoms. The molecule has 4 aliphatic rings. The van der Waals surface area contributed by atoms with E-state index in [1.165, 1.54) is 38.3 Å². The van der Waals surface area contributed by atoms with Crippen LogP contribution in [0.25, 0.3) is 0 Å². The van der Waals surface area contributed by atoms with Gasteiger partial charge in [0.1, 0.15) is 0 Å². The van der Waals surface area contributed by atoms with E-state index in [2.05, 4.69) is 13.8 Å². The lowest BCUT2D eigenvalue weighted by Gasteiger charge is -2.60. The van der Waals surface area contributed by atoms with E-state index < -0.39 is 0 Å². The zero-order chi connectivity index (χ0) is 10.5. The van der Waals surface area contributed by atoms with Crippen molar-refractivity contribution in [3.8, 4) is 0 Å². The molecule has 1 nitrogen and oxygen atoms in total. The zero-order valence-electron chi connectivity index (χ0n) is 10.2. The maximum Gasteiger partial charge on any atom is 0.293 e. The fourth-order valence-electron chi connectivity index (χ4n) is 4.41. The van der Waals surface area contributed by atoms with Crippen molar-refractivity contribution in [2.75, 3.05) is 6.61 Å². The predicted octanol–water partition coefficient (Wildman–Crippen LogP) is 3.47. The molecule has 0 aromatic heterocycles. The van der Waals surface area contributed by atoms with Crippen LogP contribution in [0.2, 0.25) is 12.6 Å². The van der Waals surface area contributed by atoms with Crippen LogP contribution in [0.4, 0.5) is 0 Å². The highest BCUT2D eigenvalue weighted by atomic mass is 16.4. The molecule has 2 heteroatoms. The van der Waals surface area contributed by atoms with Gasteiger partial charge >= 0.3 is 0 Å². The second kappa shape index (κ2) is 3.51. The monoisotopic (exact) mass is 206 g/mol. The van der Waals surface area contributed by atoms with Gasteiger partial charge in [-0.1, -0.05) is 20.3 Å². The summed E-state index contributed by atoms with van der Waals surface area (Å²) in [4.78, 5) is 0. The minimum Gasteiger partial charge on any atom is -0.436 e. The summed E-state index contributed by atoms with van der Waals surface area (Å²) in [5.74, 6) is 3.04. The second-order valence-corrected chi connectivity index (χ2v) is 6.57. The standard InChI is InChI=1S/C13H23BO/c1-13(2)11-5-4-10(12(13)8-11)9-14-6-3-7-15-14/h10-12H,3-9H2,1-2H3. The Morgan fingerprint density at radius 3 is 2.80 bits per heavy atom. The fraction of sp³-hybridized carbons (Fsp3) is 1.00. The van der Waals surface area contributed by atoms with Gasteiger partial charge in [-0.2, -0.15) is 0 Å². The van der Waals surface area contributed by atoms with Crippen LogP contribution in [0.5, 0.6) is 0 Å². The van der Waals surface area contributed by atoms with Crippen molar-refractivity contribution >= 4 is 6.92 Å². The first-order chi connectivity index (χ1) is 7.18. The third kappa shape index (κ3) is 1.56. The van der Waals surface area contributed by atoms with Crippen LogP contribution < -0.4 is 0 Å². The van der Waals surface area contributed by atoms with Crippen LogP contribution in [-0.4, -0.2) is 13.5 Å². The fourth-order valence-corrected chi connectivity index (χ4v) is 4.41. The highest BCUT2D eigenvalue weighted by Crippen LogP contribution is 2.62. The van der Waals surface area contributed by atoms with Crippen molar-refractivity contribution in [3.63, 3.8) is 0 Å². The quantitative estimate of drug-likeness (QED) is 0.628. The van der Waals surface area contributed by atoms with Crippen molar-refractivity contribution in [3.05, 3.63) is 0 Å². The lowest BCUT2D eigenvalue weighted by atomic mass is 9.42. The smallest absolute Gasteiger partial charge is 0.293 e. The Morgan fingerprint density at radius 1 is 1.33 bits per heavy atom. The first-order valence-electron chi connectivity index (χ1n) is 6.79. The van der Waals surface area contributed by atoms with Crippen LogP contribution in [0.3, 0.4) is 0 Å². The van der Waals surface area contributed by atoms with Crippen LogP contribution in [0.1, 0.15) is 39.5 Å². The lowest BCUT2D eigenvalue weighted by molar-refractivity contribution is -0.0994. The Bertz CT molecular complexity index is 243. The number of hydrogen-bond acceptors (Lipinski definition) is 1. The molecule has 2 bridgehead atoms. The van der Waals surface area contributed by atoms with Crippen LogP contribution >= 0.6 is 0 Å². The van der Waals surface area contributed by atoms with E-state index in [0.717, 1.165) is 24.4 Å². The van der Waals surface area contributed by atoms with Crippen molar-refractivity contribution in [1.29, 1.82) is 0 Å². The first-order valence-corrected chi connectivity index (χ1v) is 6.79. The van der Waals surface area contributed by atoms with Gasteiger partial charge in [0.25, 0.3) is 6.92 Å². The molecule has 4 fully saturated rings. The molecule has 0 radical (unpaired) electrons. The third-order valence-corrected chi connectivity index (χ3v) is 5.59. The second-order valence-electron chi connectivity index (χ2n) is 6.57. The maximum absolute atomic E-state index is 5.79. The van der Waals surface area contributed by atoms with Gasteiger partial charge in [0.2, 0.25) is 0 Å². The molecule has 3 aliphatic carbocycles. The molecule has 3 atom stereocenters. The predicted molar refractivity (Wildman–Crippen MR) is 64.0 cm³/mol. The summed E-state index contributed by atoms with van der Waals surface area (Å²) in [7, 11) is 0. The molecular weight excluding hydrogens is 183 g/mol. The highest BCUT2D eigenvalue weighted by Gasteiger charge is 2.54. The van der Waals surface area contributed by atoms with Gasteiger partial charge < -0.3 is 4.65 Å². The Hall–Kier alpha value is 0.0249. The van der Waals surface area contributed by atoms with Gasteiger partial charge in [-0.3, -0.25) is 0 Å². The molecule has 1 aliphatic heterocycles. The molecule has 3 saturated carbocycles. The molecule has 0 N–H and O–H groups in total. The van der Waals surface area contributed by atoms with Crippen molar-refractivity contribution in [1.82, 2.24) is 0 Å². The van der Waals surface area contributed by atoms with Crippen LogP contribution in [0, 0.1) is 23.2 Å². The summed E-state index contributed by atoms with van der Waals surface area (Å²) in [5, 5.41) is 0. The van der Waals surface area contributed by atoms with E-state index >= 15 is 0 Å². The number of rotatable bonds is 2. The Labute approximate surface area is 94.1 Å². The van der Waals surface area contributed by atoms with Crippen LogP contribution in [-0.2, 0) is 4.65 Å². The van der Waals surface area contributed by atoms with Gasteiger partial charge in [-0.25, -0.2) is 0 Å². The SMILES string of the molecule is CC1(C)C2CCC(CB3CCCO3)C1C2. The first kappa shape index (κ1) is 10.2. The summed E-state index contributed by atoms with van der Waals surface area (Å²) in [5.41, 5.74) is 0.654. The number of hydrogen-bond donors (Lipinski definition) is 0. The van der Waals surface area contributed by atoms with E-state index in [1.54, 1.807) is 0 Å². The largest absolute Gasteiger partial charge is 0.436 e. The Balaban J connectivity index is 1.61. The summed E-state index contributed by atoms with van der Waals surface area (Å²) < 4.78 is 5.79. The molecule has 1 heterocycles. The van der Waals surface area contributed by atoms with Gasteiger partial charge in [0, 0.05) is 6.61 Å². The molecule has 0 spiro atoms.